The van der Waals surface area contributed by atoms with Crippen molar-refractivity contribution in [2.24, 2.45) is 0 Å². The quantitative estimate of drug-likeness (QED) is 0.222. The molecule has 1 amide bonds. The highest BCUT2D eigenvalue weighted by Crippen LogP contribution is 2.30. The summed E-state index contributed by atoms with van der Waals surface area (Å²) >= 11 is 2.89. The van der Waals surface area contributed by atoms with Crippen molar-refractivity contribution in [2.75, 3.05) is 13.1 Å². The van der Waals surface area contributed by atoms with Crippen LogP contribution in [-0.2, 0) is 12.3 Å². The molecule has 0 unspecified atom stereocenters. The highest BCUT2D eigenvalue weighted by Gasteiger charge is 2.23. The number of carbonyl (C=O) groups excluding carboxylic acids is 1. The third-order valence-corrected chi connectivity index (χ3v) is 8.71. The number of amides is 1. The van der Waals surface area contributed by atoms with Gasteiger partial charge in [0.1, 0.15) is 16.5 Å². The first-order valence-electron chi connectivity index (χ1n) is 13.0. The monoisotopic (exact) mass is 574 g/mol. The van der Waals surface area contributed by atoms with Crippen molar-refractivity contribution < 1.29 is 13.6 Å². The Hall–Kier alpha value is -3.80. The molecule has 6 rings (SSSR count). The number of hydrogen-bond acceptors (Lipinski definition) is 8. The molecule has 3 aromatic heterocycles. The number of likely N-dealkylation sites (tertiary alicyclic amines) is 1. The van der Waals surface area contributed by atoms with Crippen molar-refractivity contribution in [1.29, 1.82) is 0 Å². The van der Waals surface area contributed by atoms with Crippen LogP contribution in [0.5, 0.6) is 0 Å². The maximum absolute atomic E-state index is 13.6. The molecular formula is C29H27FN6O2S2. The second kappa shape index (κ2) is 12.2. The predicted octanol–water partition coefficient (Wildman–Crippen LogP) is 5.81. The summed E-state index contributed by atoms with van der Waals surface area (Å²) in [6.45, 7) is 2.84. The molecule has 1 N–H and O–H groups in total. The Morgan fingerprint density at radius 3 is 2.60 bits per heavy atom. The first-order valence-corrected chi connectivity index (χ1v) is 14.9. The molecule has 1 fully saturated rings. The van der Waals surface area contributed by atoms with Crippen molar-refractivity contribution in [1.82, 2.24) is 30.0 Å². The van der Waals surface area contributed by atoms with Crippen LogP contribution < -0.4 is 5.32 Å². The Morgan fingerprint density at radius 1 is 1.05 bits per heavy atom. The van der Waals surface area contributed by atoms with E-state index in [0.29, 0.717) is 33.9 Å². The molecule has 204 valence electrons. The highest BCUT2D eigenvalue weighted by atomic mass is 32.2. The lowest BCUT2D eigenvalue weighted by molar-refractivity contribution is 0.0904. The number of halogens is 1. The fourth-order valence-corrected chi connectivity index (χ4v) is 6.44. The summed E-state index contributed by atoms with van der Waals surface area (Å²) in [5, 5.41) is 15.1. The van der Waals surface area contributed by atoms with Crippen LogP contribution in [0, 0.1) is 5.82 Å². The summed E-state index contributed by atoms with van der Waals surface area (Å²) in [4.78, 5) is 19.9. The second-order valence-electron chi connectivity index (χ2n) is 9.52. The smallest absolute Gasteiger partial charge is 0.270 e. The lowest BCUT2D eigenvalue weighted by Crippen LogP contribution is -2.44. The van der Waals surface area contributed by atoms with Crippen molar-refractivity contribution in [3.63, 3.8) is 0 Å². The Bertz CT molecular complexity index is 1550. The predicted molar refractivity (Wildman–Crippen MR) is 153 cm³/mol. The Morgan fingerprint density at radius 2 is 1.85 bits per heavy atom. The third kappa shape index (κ3) is 6.16. The van der Waals surface area contributed by atoms with Gasteiger partial charge in [0.15, 0.2) is 10.9 Å². The van der Waals surface area contributed by atoms with Gasteiger partial charge in [0.25, 0.3) is 5.91 Å². The normalized spacial score (nSPS) is 14.4. The van der Waals surface area contributed by atoms with Gasteiger partial charge in [-0.05, 0) is 54.8 Å². The van der Waals surface area contributed by atoms with E-state index >= 15 is 0 Å². The number of carbonyl (C=O) groups is 1. The van der Waals surface area contributed by atoms with Gasteiger partial charge in [-0.1, -0.05) is 42.1 Å². The fraction of sp³-hybridized carbons (Fsp3) is 0.241. The summed E-state index contributed by atoms with van der Waals surface area (Å²) in [5.74, 6) is 1.13. The average molecular weight is 575 g/mol. The number of nitrogens with one attached hydrogen (secondary N) is 1. The van der Waals surface area contributed by atoms with Crippen molar-refractivity contribution >= 4 is 29.0 Å². The van der Waals surface area contributed by atoms with Crippen molar-refractivity contribution in [2.45, 2.75) is 36.3 Å². The van der Waals surface area contributed by atoms with E-state index < -0.39 is 0 Å². The molecule has 0 spiro atoms. The van der Waals surface area contributed by atoms with Gasteiger partial charge < -0.3 is 9.73 Å². The molecular weight excluding hydrogens is 547 g/mol. The van der Waals surface area contributed by atoms with E-state index in [2.05, 4.69) is 49.7 Å². The zero-order valence-corrected chi connectivity index (χ0v) is 23.2. The minimum Gasteiger partial charge on any atom is -0.461 e. The molecule has 0 aliphatic carbocycles. The molecule has 4 heterocycles. The molecule has 1 aliphatic rings. The van der Waals surface area contributed by atoms with E-state index in [1.54, 1.807) is 35.9 Å². The molecule has 8 nitrogen and oxygen atoms in total. The Balaban J connectivity index is 1.06. The lowest BCUT2D eigenvalue weighted by atomic mass is 10.0. The van der Waals surface area contributed by atoms with Gasteiger partial charge in [0.05, 0.1) is 17.7 Å². The summed E-state index contributed by atoms with van der Waals surface area (Å²) in [7, 11) is 0. The molecule has 2 aromatic carbocycles. The summed E-state index contributed by atoms with van der Waals surface area (Å²) in [5.41, 5.74) is 2.46. The van der Waals surface area contributed by atoms with Crippen LogP contribution in [0.15, 0.2) is 87.9 Å². The highest BCUT2D eigenvalue weighted by molar-refractivity contribution is 7.98. The summed E-state index contributed by atoms with van der Waals surface area (Å²) in [6.07, 6.45) is 3.41. The number of thioether (sulfide) groups is 1. The van der Waals surface area contributed by atoms with Crippen LogP contribution in [0.2, 0.25) is 0 Å². The first-order chi connectivity index (χ1) is 19.6. The Labute approximate surface area is 239 Å². The molecule has 0 atom stereocenters. The number of nitrogens with zero attached hydrogens (tertiary/aromatic N) is 5. The lowest BCUT2D eigenvalue weighted by Gasteiger charge is -2.32. The second-order valence-corrected chi connectivity index (χ2v) is 11.4. The molecule has 0 bridgehead atoms. The van der Waals surface area contributed by atoms with Gasteiger partial charge in [-0.25, -0.2) is 9.37 Å². The standard InChI is InChI=1S/C29H27FN6O2S2/c30-21-8-10-23(11-9-21)36-27(25-7-4-16-38-25)33-34-29(36)40-19-26-32-24(18-39-26)28(37)31-22-12-14-35(15-13-22)17-20-5-2-1-3-6-20/h1-11,16,18,22H,12-15,17,19H2,(H,31,37). The van der Waals surface area contributed by atoms with Gasteiger partial charge in [-0.2, -0.15) is 0 Å². The molecule has 11 heteroatoms. The van der Waals surface area contributed by atoms with Gasteiger partial charge in [-0.15, -0.1) is 21.5 Å². The van der Waals surface area contributed by atoms with Gasteiger partial charge in [0, 0.05) is 31.1 Å². The topological polar surface area (TPSA) is 89.1 Å². The van der Waals surface area contributed by atoms with Crippen LogP contribution in [0.25, 0.3) is 17.3 Å². The van der Waals surface area contributed by atoms with Gasteiger partial charge >= 0.3 is 0 Å². The van der Waals surface area contributed by atoms with Crippen LogP contribution in [-0.4, -0.2) is 49.7 Å². The van der Waals surface area contributed by atoms with E-state index in [9.17, 15) is 9.18 Å². The molecule has 0 radical (unpaired) electrons. The van der Waals surface area contributed by atoms with E-state index in [1.165, 1.54) is 40.8 Å². The zero-order chi connectivity index (χ0) is 27.3. The Kier molecular flexibility index (Phi) is 8.03. The number of hydrogen-bond donors (Lipinski definition) is 1. The molecule has 1 aliphatic heterocycles. The largest absolute Gasteiger partial charge is 0.461 e. The van der Waals surface area contributed by atoms with Crippen LogP contribution in [0.1, 0.15) is 33.9 Å². The maximum Gasteiger partial charge on any atom is 0.270 e. The number of furan rings is 1. The summed E-state index contributed by atoms with van der Waals surface area (Å²) in [6, 6.07) is 20.3. The fourth-order valence-electron chi connectivity index (χ4n) is 4.70. The number of rotatable bonds is 9. The van der Waals surface area contributed by atoms with Gasteiger partial charge in [-0.3, -0.25) is 14.3 Å². The SMILES string of the molecule is O=C(NC1CCN(Cc2ccccc2)CC1)c1csc(CSc2nnc(-c3ccco3)n2-c2ccc(F)cc2)n1. The molecule has 40 heavy (non-hydrogen) atoms. The zero-order valence-electron chi connectivity index (χ0n) is 21.6. The van der Waals surface area contributed by atoms with Crippen molar-refractivity contribution in [3.8, 4) is 17.3 Å². The summed E-state index contributed by atoms with van der Waals surface area (Å²) < 4.78 is 20.9. The van der Waals surface area contributed by atoms with Crippen LogP contribution in [0.4, 0.5) is 4.39 Å². The molecule has 1 saturated heterocycles. The van der Waals surface area contributed by atoms with Crippen molar-refractivity contribution in [3.05, 3.63) is 100 Å². The van der Waals surface area contributed by atoms with Gasteiger partial charge in [0.2, 0.25) is 5.82 Å². The van der Waals surface area contributed by atoms with Crippen LogP contribution >= 0.6 is 23.1 Å². The molecule has 5 aromatic rings. The molecule has 0 saturated carbocycles. The maximum atomic E-state index is 13.6. The average Bonchev–Trinajstić information content (AvgIpc) is 3.75. The minimum atomic E-state index is -0.322. The number of thiazole rings is 1. The number of aromatic nitrogens is 4. The van der Waals surface area contributed by atoms with E-state index in [-0.39, 0.29) is 17.8 Å². The first kappa shape index (κ1) is 26.4. The van der Waals surface area contributed by atoms with E-state index in [4.69, 9.17) is 4.42 Å². The third-order valence-electron chi connectivity index (χ3n) is 6.74. The number of piperidine rings is 1. The number of benzene rings is 2. The van der Waals surface area contributed by atoms with E-state index in [0.717, 1.165) is 37.5 Å². The minimum absolute atomic E-state index is 0.136. The van der Waals surface area contributed by atoms with E-state index in [1.807, 2.05) is 10.6 Å². The van der Waals surface area contributed by atoms with Crippen LogP contribution in [0.3, 0.4) is 0 Å².